The first-order valence-electron chi connectivity index (χ1n) is 6.20. The van der Waals surface area contributed by atoms with E-state index in [-0.39, 0.29) is 0 Å². The van der Waals surface area contributed by atoms with E-state index in [4.69, 9.17) is 15.6 Å². The van der Waals surface area contributed by atoms with Gasteiger partial charge in [0, 0.05) is 12.1 Å². The molecule has 1 aliphatic rings. The number of nitrogens with two attached hydrogens (primary N) is 1. The summed E-state index contributed by atoms with van der Waals surface area (Å²) in [6, 6.07) is 1.61. The van der Waals surface area contributed by atoms with Crippen molar-refractivity contribution in [3.63, 3.8) is 0 Å². The van der Waals surface area contributed by atoms with Crippen LogP contribution < -0.4 is 5.73 Å². The molecule has 2 aromatic heterocycles. The van der Waals surface area contributed by atoms with E-state index in [2.05, 4.69) is 9.97 Å². The standard InChI is InChI=1S/C12H15FN4O3/c1-6-9(19)12(13,4-18)20-11(6)17-5-16-8-7(14)2-3-15-10(8)17/h2-3,5-6,9,11,18-19H,4H2,1H3,(H2,14,15)/t6-,9-,11+,12+/m0/s1. The number of aliphatic hydroxyl groups is 2. The first-order valence-corrected chi connectivity index (χ1v) is 6.20. The number of ether oxygens (including phenoxy) is 1. The molecule has 0 aromatic carbocycles. The molecule has 0 amide bonds. The number of alkyl halides is 1. The molecule has 1 aliphatic heterocycles. The van der Waals surface area contributed by atoms with Gasteiger partial charge in [0.25, 0.3) is 5.85 Å². The second-order valence-electron chi connectivity index (χ2n) is 4.98. The van der Waals surface area contributed by atoms with E-state index in [1.807, 2.05) is 0 Å². The first-order chi connectivity index (χ1) is 9.48. The van der Waals surface area contributed by atoms with Crippen molar-refractivity contribution in [3.8, 4) is 0 Å². The van der Waals surface area contributed by atoms with Crippen LogP contribution in [0.2, 0.25) is 0 Å². The molecule has 2 aromatic rings. The van der Waals surface area contributed by atoms with Gasteiger partial charge >= 0.3 is 0 Å². The van der Waals surface area contributed by atoms with Gasteiger partial charge in [-0.25, -0.2) is 14.4 Å². The Balaban J connectivity index is 2.06. The predicted octanol–water partition coefficient (Wildman–Crippen LogP) is 0.197. The van der Waals surface area contributed by atoms with Gasteiger partial charge in [0.05, 0.1) is 12.0 Å². The Morgan fingerprint density at radius 3 is 2.95 bits per heavy atom. The molecule has 0 radical (unpaired) electrons. The average molecular weight is 282 g/mol. The van der Waals surface area contributed by atoms with E-state index < -0.39 is 30.7 Å². The van der Waals surface area contributed by atoms with E-state index in [1.165, 1.54) is 17.1 Å². The molecular formula is C12H15FN4O3. The van der Waals surface area contributed by atoms with Gasteiger partial charge < -0.3 is 20.7 Å². The molecule has 1 saturated heterocycles. The lowest BCUT2D eigenvalue weighted by Gasteiger charge is -2.20. The van der Waals surface area contributed by atoms with Crippen molar-refractivity contribution in [2.75, 3.05) is 12.3 Å². The summed E-state index contributed by atoms with van der Waals surface area (Å²) in [7, 11) is 0. The fourth-order valence-corrected chi connectivity index (χ4v) is 2.51. The maximum atomic E-state index is 14.2. The van der Waals surface area contributed by atoms with Gasteiger partial charge in [0.15, 0.2) is 5.65 Å². The van der Waals surface area contributed by atoms with Crippen LogP contribution in [0, 0.1) is 5.92 Å². The maximum Gasteiger partial charge on any atom is 0.260 e. The Labute approximate surface area is 113 Å². The van der Waals surface area contributed by atoms with Crippen molar-refractivity contribution in [2.45, 2.75) is 25.1 Å². The van der Waals surface area contributed by atoms with Gasteiger partial charge in [-0.2, -0.15) is 0 Å². The summed E-state index contributed by atoms with van der Waals surface area (Å²) in [6.07, 6.45) is 0.698. The second-order valence-corrected chi connectivity index (χ2v) is 4.98. The summed E-state index contributed by atoms with van der Waals surface area (Å²) in [5.74, 6) is -3.06. The molecule has 108 valence electrons. The van der Waals surface area contributed by atoms with Gasteiger partial charge in [-0.1, -0.05) is 6.92 Å². The number of nitrogens with zero attached hydrogens (tertiary/aromatic N) is 3. The van der Waals surface area contributed by atoms with Crippen LogP contribution in [0.4, 0.5) is 10.1 Å². The number of nitrogen functional groups attached to an aromatic ring is 1. The van der Waals surface area contributed by atoms with Crippen molar-refractivity contribution < 1.29 is 19.3 Å². The summed E-state index contributed by atoms with van der Waals surface area (Å²) in [6.45, 7) is 0.710. The predicted molar refractivity (Wildman–Crippen MR) is 68.2 cm³/mol. The molecule has 1 fully saturated rings. The number of aliphatic hydroxyl groups excluding tert-OH is 2. The molecule has 0 aliphatic carbocycles. The Hall–Kier alpha value is -1.77. The molecule has 0 unspecified atom stereocenters. The molecule has 0 spiro atoms. The van der Waals surface area contributed by atoms with E-state index in [0.29, 0.717) is 16.9 Å². The fourth-order valence-electron chi connectivity index (χ4n) is 2.51. The topological polar surface area (TPSA) is 106 Å². The number of pyridine rings is 1. The lowest BCUT2D eigenvalue weighted by atomic mass is 10.0. The lowest BCUT2D eigenvalue weighted by Crippen LogP contribution is -2.39. The zero-order valence-corrected chi connectivity index (χ0v) is 10.8. The van der Waals surface area contributed by atoms with Crippen LogP contribution in [0.5, 0.6) is 0 Å². The Morgan fingerprint density at radius 1 is 1.55 bits per heavy atom. The quantitative estimate of drug-likeness (QED) is 0.726. The molecule has 0 bridgehead atoms. The van der Waals surface area contributed by atoms with Crippen LogP contribution in [0.25, 0.3) is 11.2 Å². The number of hydrogen-bond donors (Lipinski definition) is 3. The monoisotopic (exact) mass is 282 g/mol. The molecule has 4 atom stereocenters. The van der Waals surface area contributed by atoms with E-state index in [9.17, 15) is 9.50 Å². The number of rotatable bonds is 2. The van der Waals surface area contributed by atoms with E-state index in [0.717, 1.165) is 0 Å². The number of imidazole rings is 1. The summed E-state index contributed by atoms with van der Waals surface area (Å²) in [5, 5.41) is 18.9. The van der Waals surface area contributed by atoms with Gasteiger partial charge in [-0.3, -0.25) is 4.57 Å². The minimum Gasteiger partial charge on any atom is -0.397 e. The first kappa shape index (κ1) is 13.2. The zero-order chi connectivity index (χ0) is 14.5. The third kappa shape index (κ3) is 1.69. The summed E-state index contributed by atoms with van der Waals surface area (Å²) >= 11 is 0. The molecule has 20 heavy (non-hydrogen) atoms. The normalized spacial score (nSPS) is 33.9. The smallest absolute Gasteiger partial charge is 0.260 e. The molecule has 8 heteroatoms. The van der Waals surface area contributed by atoms with Crippen molar-refractivity contribution in [3.05, 3.63) is 18.6 Å². The van der Waals surface area contributed by atoms with Crippen LogP contribution in [-0.2, 0) is 4.74 Å². The Bertz CT molecular complexity index is 649. The Morgan fingerprint density at radius 2 is 2.30 bits per heavy atom. The van der Waals surface area contributed by atoms with Gasteiger partial charge in [-0.05, 0) is 6.07 Å². The maximum absolute atomic E-state index is 14.2. The van der Waals surface area contributed by atoms with E-state index >= 15 is 0 Å². The summed E-state index contributed by atoms with van der Waals surface area (Å²) in [5.41, 5.74) is 7.17. The number of halogens is 1. The van der Waals surface area contributed by atoms with Crippen LogP contribution in [0.3, 0.4) is 0 Å². The van der Waals surface area contributed by atoms with Crippen molar-refractivity contribution in [1.82, 2.24) is 14.5 Å². The lowest BCUT2D eigenvalue weighted by molar-refractivity contribution is -0.206. The minimum absolute atomic E-state index is 0.441. The van der Waals surface area contributed by atoms with Crippen LogP contribution in [-0.4, -0.2) is 43.3 Å². The number of hydrogen-bond acceptors (Lipinski definition) is 6. The molecular weight excluding hydrogens is 267 g/mol. The SMILES string of the molecule is C[C@@H]1[C@H](n2cnc3c(N)ccnc32)O[C@](F)(CO)[C@H]1O. The highest BCUT2D eigenvalue weighted by molar-refractivity contribution is 5.83. The molecule has 3 rings (SSSR count). The highest BCUT2D eigenvalue weighted by atomic mass is 19.2. The third-order valence-electron chi connectivity index (χ3n) is 3.69. The van der Waals surface area contributed by atoms with Crippen LogP contribution in [0.1, 0.15) is 13.2 Å². The zero-order valence-electron chi connectivity index (χ0n) is 10.8. The average Bonchev–Trinajstić information content (AvgIpc) is 2.96. The molecule has 0 saturated carbocycles. The number of anilines is 1. The highest BCUT2D eigenvalue weighted by Crippen LogP contribution is 2.42. The third-order valence-corrected chi connectivity index (χ3v) is 3.69. The minimum atomic E-state index is -2.49. The van der Waals surface area contributed by atoms with Gasteiger partial charge in [0.2, 0.25) is 0 Å². The number of aromatic nitrogens is 3. The van der Waals surface area contributed by atoms with Crippen LogP contribution in [0.15, 0.2) is 18.6 Å². The Kier molecular flexibility index (Phi) is 2.89. The van der Waals surface area contributed by atoms with Gasteiger partial charge in [-0.15, -0.1) is 0 Å². The van der Waals surface area contributed by atoms with Crippen molar-refractivity contribution in [1.29, 1.82) is 0 Å². The molecule has 3 heterocycles. The molecule has 7 nitrogen and oxygen atoms in total. The largest absolute Gasteiger partial charge is 0.397 e. The highest BCUT2D eigenvalue weighted by Gasteiger charge is 2.54. The van der Waals surface area contributed by atoms with E-state index in [1.54, 1.807) is 13.0 Å². The van der Waals surface area contributed by atoms with Crippen molar-refractivity contribution >= 4 is 16.9 Å². The number of fused-ring (bicyclic) bond motifs is 1. The van der Waals surface area contributed by atoms with Gasteiger partial charge in [0.1, 0.15) is 24.5 Å². The molecule has 4 N–H and O–H groups in total. The second kappa shape index (κ2) is 4.37. The fraction of sp³-hybridized carbons (Fsp3) is 0.500. The van der Waals surface area contributed by atoms with Crippen LogP contribution >= 0.6 is 0 Å². The summed E-state index contributed by atoms with van der Waals surface area (Å²) in [4.78, 5) is 8.28. The summed E-state index contributed by atoms with van der Waals surface area (Å²) < 4.78 is 20.9. The van der Waals surface area contributed by atoms with Crippen molar-refractivity contribution in [2.24, 2.45) is 5.92 Å².